The molecule has 0 aromatic heterocycles. The molecule has 0 spiro atoms. The molecule has 1 aromatic carbocycles. The monoisotopic (exact) mass is 301 g/mol. The van der Waals surface area contributed by atoms with Gasteiger partial charge in [-0.2, -0.15) is 0 Å². The van der Waals surface area contributed by atoms with Gasteiger partial charge in [0.1, 0.15) is 6.61 Å². The Hall–Kier alpha value is -1.65. The molecule has 0 amide bonds. The number of carbonyl (C=O) groups is 1. The van der Waals surface area contributed by atoms with Crippen LogP contribution in [0.2, 0.25) is 0 Å². The molecule has 0 bridgehead atoms. The summed E-state index contributed by atoms with van der Waals surface area (Å²) in [6.07, 6.45) is 6.39. The van der Waals surface area contributed by atoms with E-state index >= 15 is 0 Å². The van der Waals surface area contributed by atoms with Gasteiger partial charge in [0, 0.05) is 12.0 Å². The van der Waals surface area contributed by atoms with E-state index in [1.165, 1.54) is 0 Å². The number of aliphatic hydroxyl groups is 1. The van der Waals surface area contributed by atoms with Crippen LogP contribution in [0, 0.1) is 5.92 Å². The number of esters is 1. The topological polar surface area (TPSA) is 72.5 Å². The molecule has 1 fully saturated rings. The number of rotatable bonds is 5. The van der Waals surface area contributed by atoms with E-state index in [9.17, 15) is 9.90 Å². The Labute approximate surface area is 131 Å². The lowest BCUT2D eigenvalue weighted by atomic mass is 9.89. The molecule has 0 radical (unpaired) electrons. The largest absolute Gasteiger partial charge is 0.459 e. The predicted octanol–water partition coefficient (Wildman–Crippen LogP) is 2.26. The van der Waals surface area contributed by atoms with Crippen LogP contribution in [-0.4, -0.2) is 23.7 Å². The highest BCUT2D eigenvalue weighted by atomic mass is 16.5. The van der Waals surface area contributed by atoms with Gasteiger partial charge in [-0.25, -0.2) is 4.79 Å². The molecule has 1 saturated carbocycles. The van der Waals surface area contributed by atoms with Crippen molar-refractivity contribution >= 4 is 5.97 Å². The van der Waals surface area contributed by atoms with Gasteiger partial charge in [0.25, 0.3) is 0 Å². The van der Waals surface area contributed by atoms with Gasteiger partial charge in [-0.1, -0.05) is 36.4 Å². The van der Waals surface area contributed by atoms with Gasteiger partial charge in [0.2, 0.25) is 0 Å². The van der Waals surface area contributed by atoms with Crippen LogP contribution in [0.5, 0.6) is 0 Å². The molecule has 2 aliphatic rings. The molecule has 0 heterocycles. The Balaban J connectivity index is 1.69. The molecule has 4 heteroatoms. The summed E-state index contributed by atoms with van der Waals surface area (Å²) in [5, 5.41) is 10.9. The summed E-state index contributed by atoms with van der Waals surface area (Å²) in [4.78, 5) is 12.5. The average Bonchev–Trinajstić information content (AvgIpc) is 3.39. The summed E-state index contributed by atoms with van der Waals surface area (Å²) in [6.45, 7) is 0.257. The van der Waals surface area contributed by atoms with Crippen molar-refractivity contribution in [3.8, 4) is 0 Å². The minimum Gasteiger partial charge on any atom is -0.459 e. The molecular weight excluding hydrogens is 278 g/mol. The third kappa shape index (κ3) is 3.08. The molecule has 2 atom stereocenters. The van der Waals surface area contributed by atoms with E-state index in [0.717, 1.165) is 37.7 Å². The maximum absolute atomic E-state index is 12.5. The number of ether oxygens (including phenoxy) is 1. The van der Waals surface area contributed by atoms with Crippen molar-refractivity contribution in [2.75, 3.05) is 6.61 Å². The predicted molar refractivity (Wildman–Crippen MR) is 83.9 cm³/mol. The van der Waals surface area contributed by atoms with Crippen LogP contribution in [-0.2, 0) is 15.1 Å². The van der Waals surface area contributed by atoms with E-state index in [2.05, 4.69) is 6.08 Å². The average molecular weight is 301 g/mol. The van der Waals surface area contributed by atoms with Crippen LogP contribution in [0.4, 0.5) is 0 Å². The number of benzene rings is 1. The number of hydrogen-bond acceptors (Lipinski definition) is 4. The first-order valence-electron chi connectivity index (χ1n) is 7.99. The lowest BCUT2D eigenvalue weighted by Gasteiger charge is -2.27. The first kappa shape index (κ1) is 15.3. The fourth-order valence-corrected chi connectivity index (χ4v) is 3.02. The van der Waals surface area contributed by atoms with Crippen LogP contribution in [0.15, 0.2) is 42.0 Å². The highest BCUT2D eigenvalue weighted by Gasteiger charge is 2.52. The summed E-state index contributed by atoms with van der Waals surface area (Å²) < 4.78 is 5.44. The molecule has 3 N–H and O–H groups in total. The zero-order valence-electron chi connectivity index (χ0n) is 12.7. The van der Waals surface area contributed by atoms with Gasteiger partial charge < -0.3 is 15.6 Å². The van der Waals surface area contributed by atoms with Gasteiger partial charge in [-0.15, -0.1) is 0 Å². The van der Waals surface area contributed by atoms with Gasteiger partial charge in [-0.05, 0) is 43.2 Å². The van der Waals surface area contributed by atoms with Crippen molar-refractivity contribution in [2.24, 2.45) is 11.7 Å². The van der Waals surface area contributed by atoms with E-state index < -0.39 is 11.6 Å². The maximum Gasteiger partial charge on any atom is 0.343 e. The third-order valence-electron chi connectivity index (χ3n) is 4.63. The lowest BCUT2D eigenvalue weighted by molar-refractivity contribution is -0.168. The van der Waals surface area contributed by atoms with E-state index in [4.69, 9.17) is 10.5 Å². The zero-order valence-corrected chi connectivity index (χ0v) is 12.7. The highest BCUT2D eigenvalue weighted by molar-refractivity contribution is 5.82. The highest BCUT2D eigenvalue weighted by Crippen LogP contribution is 2.46. The Morgan fingerprint density at radius 3 is 2.59 bits per heavy atom. The zero-order chi connectivity index (χ0) is 15.6. The van der Waals surface area contributed by atoms with E-state index in [-0.39, 0.29) is 18.6 Å². The molecule has 22 heavy (non-hydrogen) atoms. The minimum atomic E-state index is -1.51. The van der Waals surface area contributed by atoms with Crippen molar-refractivity contribution in [3.63, 3.8) is 0 Å². The van der Waals surface area contributed by atoms with Crippen molar-refractivity contribution in [3.05, 3.63) is 47.5 Å². The molecule has 4 nitrogen and oxygen atoms in total. The molecule has 118 valence electrons. The molecular formula is C18H23NO3. The Bertz CT molecular complexity index is 565. The number of hydrogen-bond donors (Lipinski definition) is 2. The quantitative estimate of drug-likeness (QED) is 0.646. The fourth-order valence-electron chi connectivity index (χ4n) is 3.02. The second-order valence-electron chi connectivity index (χ2n) is 6.38. The van der Waals surface area contributed by atoms with Gasteiger partial charge >= 0.3 is 5.97 Å². The van der Waals surface area contributed by atoms with Crippen molar-refractivity contribution in [1.82, 2.24) is 0 Å². The summed E-state index contributed by atoms with van der Waals surface area (Å²) in [7, 11) is 0. The van der Waals surface area contributed by atoms with Gasteiger partial charge in [-0.3, -0.25) is 0 Å². The second kappa shape index (κ2) is 6.23. The summed E-state index contributed by atoms with van der Waals surface area (Å²) in [6, 6.07) is 9.34. The third-order valence-corrected chi connectivity index (χ3v) is 4.63. The Morgan fingerprint density at radius 1 is 1.27 bits per heavy atom. The van der Waals surface area contributed by atoms with Crippen molar-refractivity contribution in [2.45, 2.75) is 43.7 Å². The van der Waals surface area contributed by atoms with E-state index in [0.29, 0.717) is 5.56 Å². The molecule has 0 saturated heterocycles. The Kier molecular flexibility index (Phi) is 4.32. The first-order chi connectivity index (χ1) is 10.6. The standard InChI is InChI=1S/C18H23NO3/c19-16-10-6-13(7-11-16)12-22-17(20)18(21,15-8-9-15)14-4-2-1-3-5-14/h1-6,15-16,21H,7-12,19H2/t16-,18-/m0/s1. The molecule has 0 unspecified atom stereocenters. The van der Waals surface area contributed by atoms with Crippen molar-refractivity contribution < 1.29 is 14.6 Å². The molecule has 0 aliphatic heterocycles. The number of carbonyl (C=O) groups excluding carboxylic acids is 1. The summed E-state index contributed by atoms with van der Waals surface area (Å²) >= 11 is 0. The van der Waals surface area contributed by atoms with Crippen LogP contribution < -0.4 is 5.73 Å². The SMILES string of the molecule is N[C@H]1CC=C(COC(=O)[C@](O)(c2ccccc2)C2CC2)CC1. The van der Waals surface area contributed by atoms with Crippen molar-refractivity contribution in [1.29, 1.82) is 0 Å². The maximum atomic E-state index is 12.5. The number of nitrogens with two attached hydrogens (primary N) is 1. The van der Waals surface area contributed by atoms with Crippen LogP contribution in [0.25, 0.3) is 0 Å². The van der Waals surface area contributed by atoms with Crippen LogP contribution >= 0.6 is 0 Å². The minimum absolute atomic E-state index is 0.0313. The molecule has 2 aliphatic carbocycles. The van der Waals surface area contributed by atoms with Crippen LogP contribution in [0.1, 0.15) is 37.7 Å². The normalized spacial score (nSPS) is 24.3. The Morgan fingerprint density at radius 2 is 2.00 bits per heavy atom. The van der Waals surface area contributed by atoms with Crippen LogP contribution in [0.3, 0.4) is 0 Å². The molecule has 3 rings (SSSR count). The fraction of sp³-hybridized carbons (Fsp3) is 0.500. The van der Waals surface area contributed by atoms with Gasteiger partial charge in [0.05, 0.1) is 0 Å². The lowest BCUT2D eigenvalue weighted by Crippen LogP contribution is -2.40. The summed E-state index contributed by atoms with van der Waals surface area (Å²) in [5.41, 5.74) is 6.07. The smallest absolute Gasteiger partial charge is 0.343 e. The molecule has 1 aromatic rings. The first-order valence-corrected chi connectivity index (χ1v) is 7.99. The van der Waals surface area contributed by atoms with E-state index in [1.54, 1.807) is 12.1 Å². The summed E-state index contributed by atoms with van der Waals surface area (Å²) in [5.74, 6) is -0.562. The van der Waals surface area contributed by atoms with Gasteiger partial charge in [0.15, 0.2) is 5.60 Å². The second-order valence-corrected chi connectivity index (χ2v) is 6.38. The van der Waals surface area contributed by atoms with E-state index in [1.807, 2.05) is 18.2 Å².